The van der Waals surface area contributed by atoms with Crippen molar-refractivity contribution in [2.45, 2.75) is 6.42 Å². The topological polar surface area (TPSA) is 117 Å². The monoisotopic (exact) mass is 282 g/mol. The zero-order chi connectivity index (χ0) is 15.0. The van der Waals surface area contributed by atoms with Crippen molar-refractivity contribution >= 4 is 12.0 Å². The smallest absolute Gasteiger partial charge is 0.337 e. The minimum absolute atomic E-state index is 0.137. The Labute approximate surface area is 116 Å². The van der Waals surface area contributed by atoms with Gasteiger partial charge in [-0.15, -0.1) is 0 Å². The average molecular weight is 282 g/mol. The van der Waals surface area contributed by atoms with Crippen LogP contribution in [0.25, 0.3) is 0 Å². The van der Waals surface area contributed by atoms with E-state index in [0.717, 1.165) is 19.5 Å². The second kappa shape index (κ2) is 7.97. The molecular weight excluding hydrogens is 264 g/mol. The van der Waals surface area contributed by atoms with Crippen molar-refractivity contribution in [3.05, 3.63) is 29.8 Å². The van der Waals surface area contributed by atoms with Gasteiger partial charge >= 0.3 is 12.0 Å². The standard InChI is InChI=1S/C8H8O3.C4H10N4O/c1-11-8(10)6-2-4-7(9)5-3-6;5-4(9)7-8-3-1-2-6-8/h2-5,9H,1H3;6H,1-3H2,(H3,5,7,9). The normalized spacial score (nSPS) is 14.1. The summed E-state index contributed by atoms with van der Waals surface area (Å²) >= 11 is 0. The molecule has 1 aromatic carbocycles. The van der Waals surface area contributed by atoms with E-state index in [1.165, 1.54) is 31.4 Å². The van der Waals surface area contributed by atoms with Crippen LogP contribution in [-0.2, 0) is 4.74 Å². The highest BCUT2D eigenvalue weighted by molar-refractivity contribution is 5.89. The van der Waals surface area contributed by atoms with Gasteiger partial charge in [0.25, 0.3) is 0 Å². The van der Waals surface area contributed by atoms with Crippen molar-refractivity contribution in [2.24, 2.45) is 5.73 Å². The van der Waals surface area contributed by atoms with Crippen molar-refractivity contribution in [1.82, 2.24) is 16.0 Å². The number of esters is 1. The lowest BCUT2D eigenvalue weighted by molar-refractivity contribution is 0.0600. The summed E-state index contributed by atoms with van der Waals surface area (Å²) in [5.41, 5.74) is 10.6. The number of carbonyl (C=O) groups excluding carboxylic acids is 2. The molecule has 1 aliphatic rings. The van der Waals surface area contributed by atoms with Crippen LogP contribution in [0.4, 0.5) is 4.79 Å². The van der Waals surface area contributed by atoms with Crippen molar-refractivity contribution in [3.63, 3.8) is 0 Å². The number of phenols is 1. The quantitative estimate of drug-likeness (QED) is 0.565. The van der Waals surface area contributed by atoms with Crippen LogP contribution in [0.5, 0.6) is 5.75 Å². The first-order valence-electron chi connectivity index (χ1n) is 5.97. The predicted octanol–water partition coefficient (Wildman–Crippen LogP) is -0.0412. The maximum atomic E-state index is 10.8. The van der Waals surface area contributed by atoms with Gasteiger partial charge in [0.2, 0.25) is 0 Å². The molecule has 0 spiro atoms. The van der Waals surface area contributed by atoms with Gasteiger partial charge in [0, 0.05) is 13.1 Å². The number of methoxy groups -OCH3 is 1. The number of primary amides is 1. The van der Waals surface area contributed by atoms with Crippen LogP contribution < -0.4 is 16.6 Å². The zero-order valence-corrected chi connectivity index (χ0v) is 11.1. The molecule has 1 saturated heterocycles. The Hall–Kier alpha value is -2.32. The van der Waals surface area contributed by atoms with E-state index in [1.807, 2.05) is 0 Å². The molecule has 2 amide bonds. The molecule has 8 heteroatoms. The highest BCUT2D eigenvalue weighted by Gasteiger charge is 2.10. The molecule has 1 heterocycles. The molecule has 1 aliphatic heterocycles. The number of hydrogen-bond acceptors (Lipinski definition) is 6. The largest absolute Gasteiger partial charge is 0.508 e. The van der Waals surface area contributed by atoms with Crippen LogP contribution in [0.15, 0.2) is 24.3 Å². The van der Waals surface area contributed by atoms with E-state index in [2.05, 4.69) is 15.6 Å². The first-order chi connectivity index (χ1) is 9.52. The van der Waals surface area contributed by atoms with Gasteiger partial charge in [0.05, 0.1) is 12.7 Å². The summed E-state index contributed by atoms with van der Waals surface area (Å²) in [7, 11) is 1.31. The molecule has 0 saturated carbocycles. The van der Waals surface area contributed by atoms with Gasteiger partial charge in [-0.1, -0.05) is 0 Å². The van der Waals surface area contributed by atoms with Gasteiger partial charge < -0.3 is 15.6 Å². The van der Waals surface area contributed by atoms with Gasteiger partial charge in [-0.3, -0.25) is 5.43 Å². The van der Waals surface area contributed by atoms with E-state index in [-0.39, 0.29) is 5.75 Å². The lowest BCUT2D eigenvalue weighted by Gasteiger charge is -2.13. The van der Waals surface area contributed by atoms with Gasteiger partial charge in [-0.2, -0.15) is 5.12 Å². The van der Waals surface area contributed by atoms with E-state index in [4.69, 9.17) is 10.8 Å². The van der Waals surface area contributed by atoms with Gasteiger partial charge in [-0.05, 0) is 30.7 Å². The summed E-state index contributed by atoms with van der Waals surface area (Å²) in [5.74, 6) is -0.261. The maximum Gasteiger partial charge on any atom is 0.337 e. The van der Waals surface area contributed by atoms with E-state index in [9.17, 15) is 9.59 Å². The second-order valence-electron chi connectivity index (χ2n) is 3.93. The second-order valence-corrected chi connectivity index (χ2v) is 3.93. The predicted molar refractivity (Wildman–Crippen MR) is 71.5 cm³/mol. The summed E-state index contributed by atoms with van der Waals surface area (Å²) in [6.07, 6.45) is 1.04. The Kier molecular flexibility index (Phi) is 6.27. The molecule has 20 heavy (non-hydrogen) atoms. The third-order valence-electron chi connectivity index (χ3n) is 2.39. The Morgan fingerprint density at radius 3 is 2.50 bits per heavy atom. The van der Waals surface area contributed by atoms with Gasteiger partial charge in [-0.25, -0.2) is 15.0 Å². The number of nitrogens with zero attached hydrogens (tertiary/aromatic N) is 1. The first kappa shape index (κ1) is 15.7. The number of hydrogen-bond donors (Lipinski definition) is 4. The van der Waals surface area contributed by atoms with Crippen molar-refractivity contribution in [3.8, 4) is 5.75 Å². The van der Waals surface area contributed by atoms with Crippen LogP contribution >= 0.6 is 0 Å². The number of ether oxygens (including phenoxy) is 1. The molecule has 2 rings (SSSR count). The Morgan fingerprint density at radius 2 is 2.05 bits per heavy atom. The highest BCUT2D eigenvalue weighted by atomic mass is 16.5. The number of carbonyl (C=O) groups is 2. The molecule has 0 unspecified atom stereocenters. The minimum atomic E-state index is -0.524. The lowest BCUT2D eigenvalue weighted by Crippen LogP contribution is -2.48. The Balaban J connectivity index is 0.000000204. The Morgan fingerprint density at radius 1 is 1.40 bits per heavy atom. The fourth-order valence-corrected chi connectivity index (χ4v) is 1.47. The first-order valence-corrected chi connectivity index (χ1v) is 5.97. The van der Waals surface area contributed by atoms with Crippen LogP contribution in [0.1, 0.15) is 16.8 Å². The molecule has 0 atom stereocenters. The summed E-state index contributed by atoms with van der Waals surface area (Å²) in [6.45, 7) is 1.73. The molecule has 0 radical (unpaired) electrons. The molecule has 8 nitrogen and oxygen atoms in total. The number of urea groups is 1. The van der Waals surface area contributed by atoms with Crippen molar-refractivity contribution in [2.75, 3.05) is 20.2 Å². The van der Waals surface area contributed by atoms with Crippen molar-refractivity contribution in [1.29, 1.82) is 0 Å². The maximum absolute atomic E-state index is 10.8. The average Bonchev–Trinajstić information content (AvgIpc) is 2.91. The van der Waals surface area contributed by atoms with Crippen LogP contribution in [-0.4, -0.2) is 42.4 Å². The molecule has 1 fully saturated rings. The summed E-state index contributed by atoms with van der Waals surface area (Å²) < 4.78 is 4.46. The fourth-order valence-electron chi connectivity index (χ4n) is 1.47. The molecule has 5 N–H and O–H groups in total. The molecule has 0 bridgehead atoms. The number of amides is 2. The van der Waals surface area contributed by atoms with Gasteiger partial charge in [0.15, 0.2) is 0 Å². The third-order valence-corrected chi connectivity index (χ3v) is 2.39. The third kappa shape index (κ3) is 5.55. The molecule has 0 aliphatic carbocycles. The van der Waals surface area contributed by atoms with E-state index in [1.54, 1.807) is 5.12 Å². The summed E-state index contributed by atoms with van der Waals surface area (Å²) in [4.78, 5) is 21.0. The van der Waals surface area contributed by atoms with Crippen LogP contribution in [0, 0.1) is 0 Å². The van der Waals surface area contributed by atoms with Gasteiger partial charge in [0.1, 0.15) is 5.75 Å². The molecule has 1 aromatic rings. The number of nitrogens with one attached hydrogen (secondary N) is 2. The SMILES string of the molecule is COC(=O)c1ccc(O)cc1.NC(=O)NN1CCCN1. The number of hydrazine groups is 2. The molecule has 110 valence electrons. The van der Waals surface area contributed by atoms with E-state index < -0.39 is 12.0 Å². The fraction of sp³-hybridized carbons (Fsp3) is 0.333. The Bertz CT molecular complexity index is 443. The summed E-state index contributed by atoms with van der Waals surface area (Å²) in [5, 5.41) is 10.4. The van der Waals surface area contributed by atoms with Crippen LogP contribution in [0.2, 0.25) is 0 Å². The number of phenolic OH excluding ortho intramolecular Hbond substituents is 1. The lowest BCUT2D eigenvalue weighted by atomic mass is 10.2. The number of nitrogens with two attached hydrogens (primary N) is 1. The number of rotatable bonds is 2. The molecular formula is C12H18N4O4. The summed E-state index contributed by atoms with van der Waals surface area (Å²) in [6, 6.07) is 5.35. The minimum Gasteiger partial charge on any atom is -0.508 e. The number of benzene rings is 1. The van der Waals surface area contributed by atoms with Crippen LogP contribution in [0.3, 0.4) is 0 Å². The zero-order valence-electron chi connectivity index (χ0n) is 11.1. The number of aromatic hydroxyl groups is 1. The molecule has 0 aromatic heterocycles. The van der Waals surface area contributed by atoms with Crippen molar-refractivity contribution < 1.29 is 19.4 Å². The highest BCUT2D eigenvalue weighted by Crippen LogP contribution is 2.09. The van der Waals surface area contributed by atoms with E-state index in [0.29, 0.717) is 5.56 Å². The van der Waals surface area contributed by atoms with E-state index >= 15 is 0 Å².